The molecular weight excluding hydrogens is 308 g/mol. The molecule has 0 aliphatic heterocycles. The average molecular weight is 332 g/mol. The number of imidazole rings is 1. The van der Waals surface area contributed by atoms with Gasteiger partial charge in [0.2, 0.25) is 0 Å². The van der Waals surface area contributed by atoms with E-state index in [1.807, 2.05) is 13.0 Å². The molecule has 3 rings (SSSR count). The van der Waals surface area contributed by atoms with Crippen LogP contribution in [0.15, 0.2) is 18.3 Å². The van der Waals surface area contributed by atoms with Crippen molar-refractivity contribution in [1.82, 2.24) is 9.97 Å². The summed E-state index contributed by atoms with van der Waals surface area (Å²) in [5, 5.41) is 16.4. The Morgan fingerprint density at radius 1 is 1.38 bits per heavy atom. The number of aryl methyl sites for hydroxylation is 1. The molecule has 1 aliphatic rings. The first-order valence-corrected chi connectivity index (χ1v) is 7.96. The van der Waals surface area contributed by atoms with E-state index >= 15 is 0 Å². The fraction of sp³-hybridized carbons (Fsp3) is 0.444. The second-order valence-corrected chi connectivity index (χ2v) is 5.88. The van der Waals surface area contributed by atoms with E-state index in [4.69, 9.17) is 9.84 Å². The number of aromatic carboxylic acids is 1. The molecule has 3 N–H and O–H groups in total. The number of H-pyrrole nitrogens is 1. The van der Waals surface area contributed by atoms with Gasteiger partial charge >= 0.3 is 5.97 Å². The molecule has 0 unspecified atom stereocenters. The highest BCUT2D eigenvalue weighted by molar-refractivity contribution is 5.91. The first kappa shape index (κ1) is 18.2. The number of carboxylic acids is 1. The van der Waals surface area contributed by atoms with Crippen molar-refractivity contribution >= 4 is 5.97 Å². The Kier molecular flexibility index (Phi) is 6.11. The van der Waals surface area contributed by atoms with Crippen molar-refractivity contribution in [3.8, 4) is 11.4 Å². The van der Waals surface area contributed by atoms with Gasteiger partial charge in [-0.15, -0.1) is 0 Å². The minimum atomic E-state index is -0.900. The van der Waals surface area contributed by atoms with Gasteiger partial charge in [0.1, 0.15) is 5.82 Å². The van der Waals surface area contributed by atoms with E-state index in [-0.39, 0.29) is 0 Å². The lowest BCUT2D eigenvalue weighted by atomic mass is 9.77. The summed E-state index contributed by atoms with van der Waals surface area (Å²) >= 11 is 0. The summed E-state index contributed by atoms with van der Waals surface area (Å²) < 4.78 is 5.10. The average Bonchev–Trinajstić information content (AvgIpc) is 2.96. The molecule has 6 nitrogen and oxygen atoms in total. The fourth-order valence-corrected chi connectivity index (χ4v) is 2.95. The van der Waals surface area contributed by atoms with Crippen LogP contribution in [0, 0.1) is 6.92 Å². The summed E-state index contributed by atoms with van der Waals surface area (Å²) in [5.41, 5.74) is 4.13. The van der Waals surface area contributed by atoms with Gasteiger partial charge in [-0.05, 0) is 42.9 Å². The normalized spacial score (nSPS) is 13.8. The lowest BCUT2D eigenvalue weighted by Crippen LogP contribution is -2.12. The van der Waals surface area contributed by atoms with Crippen LogP contribution >= 0.6 is 0 Å². The van der Waals surface area contributed by atoms with Crippen LogP contribution in [0.2, 0.25) is 0 Å². The van der Waals surface area contributed by atoms with E-state index in [1.54, 1.807) is 19.4 Å². The van der Waals surface area contributed by atoms with Gasteiger partial charge in [-0.3, -0.25) is 0 Å². The Hall–Kier alpha value is -2.18. The molecule has 1 aromatic carbocycles. The number of nitrogens with one attached hydrogen (secondary N) is 1. The van der Waals surface area contributed by atoms with Crippen LogP contribution in [0.4, 0.5) is 0 Å². The summed E-state index contributed by atoms with van der Waals surface area (Å²) in [7, 11) is 2.63. The molecule has 0 radical (unpaired) electrons. The predicted molar refractivity (Wildman–Crippen MR) is 91.2 cm³/mol. The lowest BCUT2D eigenvalue weighted by Gasteiger charge is -2.28. The number of carboxylic acid groups (broad SMARTS) is 1. The second kappa shape index (κ2) is 8.08. The summed E-state index contributed by atoms with van der Waals surface area (Å²) in [5.74, 6) is 0.326. The molecule has 1 fully saturated rings. The van der Waals surface area contributed by atoms with Crippen LogP contribution < -0.4 is 0 Å². The van der Waals surface area contributed by atoms with E-state index in [0.29, 0.717) is 18.1 Å². The third-order valence-electron chi connectivity index (χ3n) is 4.36. The third kappa shape index (κ3) is 3.66. The van der Waals surface area contributed by atoms with Gasteiger partial charge < -0.3 is 19.9 Å². The molecular formula is C18H24N2O4. The molecule has 0 atom stereocenters. The molecule has 6 heteroatoms. The molecule has 1 aliphatic carbocycles. The molecule has 0 saturated heterocycles. The number of benzene rings is 1. The van der Waals surface area contributed by atoms with Crippen molar-refractivity contribution in [3.05, 3.63) is 40.7 Å². The van der Waals surface area contributed by atoms with Crippen LogP contribution in [0.25, 0.3) is 11.4 Å². The van der Waals surface area contributed by atoms with Crippen LogP contribution in [-0.4, -0.2) is 40.4 Å². The smallest absolute Gasteiger partial charge is 0.335 e. The minimum absolute atomic E-state index is 0.336. The summed E-state index contributed by atoms with van der Waals surface area (Å²) in [6.07, 6.45) is 5.29. The number of nitrogens with zero attached hydrogens (tertiary/aromatic N) is 1. The molecule has 1 aromatic heterocycles. The highest BCUT2D eigenvalue weighted by atomic mass is 16.5. The van der Waals surface area contributed by atoms with Gasteiger partial charge in [0.05, 0.1) is 24.1 Å². The SMILES string of the molecule is CO.COCc1cnc(-c2cc(C(=O)O)c(C)cc2C2CCC2)[nH]1. The van der Waals surface area contributed by atoms with E-state index in [1.165, 1.54) is 12.0 Å². The zero-order valence-corrected chi connectivity index (χ0v) is 14.3. The molecule has 0 spiro atoms. The third-order valence-corrected chi connectivity index (χ3v) is 4.36. The van der Waals surface area contributed by atoms with Crippen molar-refractivity contribution < 1.29 is 19.7 Å². The molecule has 2 aromatic rings. The van der Waals surface area contributed by atoms with E-state index in [0.717, 1.165) is 42.6 Å². The Bertz CT molecular complexity index is 705. The topological polar surface area (TPSA) is 95.4 Å². The Balaban J connectivity index is 0.00000100. The zero-order valence-electron chi connectivity index (χ0n) is 14.3. The van der Waals surface area contributed by atoms with Crippen molar-refractivity contribution in [1.29, 1.82) is 0 Å². The van der Waals surface area contributed by atoms with Crippen molar-refractivity contribution in [3.63, 3.8) is 0 Å². The van der Waals surface area contributed by atoms with E-state index in [2.05, 4.69) is 9.97 Å². The van der Waals surface area contributed by atoms with Crippen molar-refractivity contribution in [2.75, 3.05) is 14.2 Å². The zero-order chi connectivity index (χ0) is 17.7. The van der Waals surface area contributed by atoms with Gasteiger partial charge in [0, 0.05) is 19.8 Å². The number of carbonyl (C=O) groups is 1. The number of hydrogen-bond donors (Lipinski definition) is 3. The first-order valence-electron chi connectivity index (χ1n) is 7.96. The van der Waals surface area contributed by atoms with Crippen LogP contribution in [-0.2, 0) is 11.3 Å². The van der Waals surface area contributed by atoms with Crippen molar-refractivity contribution in [2.45, 2.75) is 38.7 Å². The molecule has 130 valence electrons. The van der Waals surface area contributed by atoms with Crippen LogP contribution in [0.3, 0.4) is 0 Å². The van der Waals surface area contributed by atoms with Gasteiger partial charge in [0.25, 0.3) is 0 Å². The number of ether oxygens (including phenoxy) is 1. The van der Waals surface area contributed by atoms with Crippen LogP contribution in [0.5, 0.6) is 0 Å². The van der Waals surface area contributed by atoms with E-state index < -0.39 is 5.97 Å². The number of aliphatic hydroxyl groups is 1. The standard InChI is InChI=1S/C17H20N2O3.CH4O/c1-10-6-14(11-4-3-5-11)15(7-13(10)17(20)21)16-18-8-12(19-16)9-22-2;1-2/h6-8,11H,3-5,9H2,1-2H3,(H,18,19)(H,20,21);2H,1H3. The highest BCUT2D eigenvalue weighted by Crippen LogP contribution is 2.41. The number of methoxy groups -OCH3 is 1. The maximum absolute atomic E-state index is 11.4. The first-order chi connectivity index (χ1) is 11.6. The van der Waals surface area contributed by atoms with E-state index in [9.17, 15) is 9.90 Å². The van der Waals surface area contributed by atoms with Gasteiger partial charge in [0.15, 0.2) is 0 Å². The number of rotatable bonds is 5. The molecule has 1 saturated carbocycles. The number of aromatic amines is 1. The maximum Gasteiger partial charge on any atom is 0.335 e. The van der Waals surface area contributed by atoms with Gasteiger partial charge in [-0.25, -0.2) is 9.78 Å². The predicted octanol–water partition coefficient (Wildman–Crippen LogP) is 3.11. The number of aliphatic hydroxyl groups excluding tert-OH is 1. The van der Waals surface area contributed by atoms with Gasteiger partial charge in [-0.1, -0.05) is 12.5 Å². The van der Waals surface area contributed by atoms with Gasteiger partial charge in [-0.2, -0.15) is 0 Å². The van der Waals surface area contributed by atoms with Crippen molar-refractivity contribution in [2.24, 2.45) is 0 Å². The Morgan fingerprint density at radius 2 is 2.08 bits per heavy atom. The minimum Gasteiger partial charge on any atom is -0.478 e. The highest BCUT2D eigenvalue weighted by Gasteiger charge is 2.25. The molecule has 24 heavy (non-hydrogen) atoms. The summed E-state index contributed by atoms with van der Waals surface area (Å²) in [6.45, 7) is 2.32. The number of hydrogen-bond acceptors (Lipinski definition) is 4. The molecule has 1 heterocycles. The fourth-order valence-electron chi connectivity index (χ4n) is 2.95. The Labute approximate surface area is 141 Å². The number of aromatic nitrogens is 2. The monoisotopic (exact) mass is 332 g/mol. The van der Waals surface area contributed by atoms with Crippen LogP contribution in [0.1, 0.15) is 52.4 Å². The maximum atomic E-state index is 11.4. The Morgan fingerprint density at radius 3 is 2.62 bits per heavy atom. The summed E-state index contributed by atoms with van der Waals surface area (Å²) in [4.78, 5) is 19.1. The molecule has 0 amide bonds. The second-order valence-electron chi connectivity index (χ2n) is 5.88. The lowest BCUT2D eigenvalue weighted by molar-refractivity contribution is 0.0696. The molecule has 0 bridgehead atoms. The summed E-state index contributed by atoms with van der Waals surface area (Å²) in [6, 6.07) is 3.77. The quantitative estimate of drug-likeness (QED) is 0.782. The largest absolute Gasteiger partial charge is 0.478 e.